The summed E-state index contributed by atoms with van der Waals surface area (Å²) in [5.74, 6) is 1.30. The Morgan fingerprint density at radius 1 is 1.43 bits per heavy atom. The van der Waals surface area contributed by atoms with Crippen molar-refractivity contribution in [3.63, 3.8) is 0 Å². The van der Waals surface area contributed by atoms with Crippen LogP contribution in [-0.2, 0) is 0 Å². The fraction of sp³-hybridized carbons (Fsp3) is 0.545. The normalized spacial score (nSPS) is 10.6. The second-order valence-electron chi connectivity index (χ2n) is 3.99. The van der Waals surface area contributed by atoms with Crippen LogP contribution in [0.2, 0.25) is 0 Å². The summed E-state index contributed by atoms with van der Waals surface area (Å²) in [6, 6.07) is 3.95. The van der Waals surface area contributed by atoms with Gasteiger partial charge in [-0.3, -0.25) is 0 Å². The number of hydrogen-bond donors (Lipinski definition) is 2. The number of nitrogen functional groups attached to an aromatic ring is 1. The Morgan fingerprint density at radius 3 is 2.71 bits per heavy atom. The van der Waals surface area contributed by atoms with Crippen LogP contribution in [-0.4, -0.2) is 11.5 Å². The number of pyridine rings is 1. The van der Waals surface area contributed by atoms with Crippen LogP contribution in [0, 0.1) is 12.8 Å². The summed E-state index contributed by atoms with van der Waals surface area (Å²) in [5, 5.41) is 3.28. The van der Waals surface area contributed by atoms with Crippen LogP contribution in [0.1, 0.15) is 26.0 Å². The van der Waals surface area contributed by atoms with E-state index in [4.69, 9.17) is 5.73 Å². The van der Waals surface area contributed by atoms with Crippen LogP contribution in [0.4, 0.5) is 11.5 Å². The van der Waals surface area contributed by atoms with Crippen LogP contribution in [0.3, 0.4) is 0 Å². The average molecular weight is 193 g/mol. The number of hydrogen-bond acceptors (Lipinski definition) is 3. The largest absolute Gasteiger partial charge is 0.382 e. The molecule has 0 radical (unpaired) electrons. The topological polar surface area (TPSA) is 50.9 Å². The highest BCUT2D eigenvalue weighted by Crippen LogP contribution is 2.15. The lowest BCUT2D eigenvalue weighted by atomic mass is 10.1. The molecule has 0 spiro atoms. The fourth-order valence-electron chi connectivity index (χ4n) is 1.22. The summed E-state index contributed by atoms with van der Waals surface area (Å²) >= 11 is 0. The van der Waals surface area contributed by atoms with Gasteiger partial charge in [-0.25, -0.2) is 4.98 Å². The molecule has 1 heterocycles. The van der Waals surface area contributed by atoms with Crippen molar-refractivity contribution in [2.75, 3.05) is 17.6 Å². The summed E-state index contributed by atoms with van der Waals surface area (Å²) in [4.78, 5) is 4.19. The van der Waals surface area contributed by atoms with Gasteiger partial charge >= 0.3 is 0 Å². The molecule has 3 nitrogen and oxygen atoms in total. The Kier molecular flexibility index (Phi) is 3.74. The zero-order chi connectivity index (χ0) is 10.6. The predicted octanol–water partition coefficient (Wildman–Crippen LogP) is 2.43. The highest BCUT2D eigenvalue weighted by Gasteiger charge is 2.00. The molecule has 0 bridgehead atoms. The van der Waals surface area contributed by atoms with Gasteiger partial charge in [0, 0.05) is 12.2 Å². The predicted molar refractivity (Wildman–Crippen MR) is 61.3 cm³/mol. The SMILES string of the molecule is Cc1ccc(NCCC(C)C)c(N)n1. The molecule has 0 fully saturated rings. The minimum Gasteiger partial charge on any atom is -0.382 e. The second-order valence-corrected chi connectivity index (χ2v) is 3.99. The van der Waals surface area contributed by atoms with Gasteiger partial charge < -0.3 is 11.1 Å². The van der Waals surface area contributed by atoms with Crippen LogP contribution < -0.4 is 11.1 Å². The molecule has 0 saturated carbocycles. The maximum absolute atomic E-state index is 5.76. The number of anilines is 2. The van der Waals surface area contributed by atoms with Gasteiger partial charge in [-0.15, -0.1) is 0 Å². The molecule has 0 amide bonds. The average Bonchev–Trinajstić information content (AvgIpc) is 2.08. The quantitative estimate of drug-likeness (QED) is 0.772. The van der Waals surface area contributed by atoms with Crippen LogP contribution >= 0.6 is 0 Å². The van der Waals surface area contributed by atoms with Gasteiger partial charge in [-0.2, -0.15) is 0 Å². The summed E-state index contributed by atoms with van der Waals surface area (Å²) in [6.45, 7) is 7.30. The molecule has 0 aliphatic heterocycles. The molecule has 0 saturated heterocycles. The minimum atomic E-state index is 0.591. The Morgan fingerprint density at radius 2 is 2.14 bits per heavy atom. The zero-order valence-corrected chi connectivity index (χ0v) is 9.17. The first kappa shape index (κ1) is 10.8. The first-order chi connectivity index (χ1) is 6.59. The maximum atomic E-state index is 5.76. The standard InChI is InChI=1S/C11H19N3/c1-8(2)6-7-13-10-5-4-9(3)14-11(10)12/h4-5,8,13H,6-7H2,1-3H3,(H2,12,14). The molecule has 0 aromatic carbocycles. The van der Waals surface area contributed by atoms with E-state index in [0.717, 1.165) is 24.3 Å². The first-order valence-electron chi connectivity index (χ1n) is 5.06. The number of aromatic nitrogens is 1. The van der Waals surface area contributed by atoms with E-state index in [-0.39, 0.29) is 0 Å². The van der Waals surface area contributed by atoms with Crippen molar-refractivity contribution in [1.82, 2.24) is 4.98 Å². The summed E-state index contributed by atoms with van der Waals surface area (Å²) in [6.07, 6.45) is 1.15. The first-order valence-corrected chi connectivity index (χ1v) is 5.06. The number of aryl methyl sites for hydroxylation is 1. The van der Waals surface area contributed by atoms with Gasteiger partial charge in [0.15, 0.2) is 0 Å². The lowest BCUT2D eigenvalue weighted by Gasteiger charge is -2.10. The van der Waals surface area contributed by atoms with Crippen LogP contribution in [0.15, 0.2) is 12.1 Å². The monoisotopic (exact) mass is 193 g/mol. The van der Waals surface area contributed by atoms with Crippen molar-refractivity contribution in [1.29, 1.82) is 0 Å². The van der Waals surface area contributed by atoms with Crippen molar-refractivity contribution < 1.29 is 0 Å². The van der Waals surface area contributed by atoms with Gasteiger partial charge in [-0.1, -0.05) is 13.8 Å². The molecule has 1 aromatic heterocycles. The molecule has 78 valence electrons. The summed E-state index contributed by atoms with van der Waals surface area (Å²) in [7, 11) is 0. The van der Waals surface area contributed by atoms with E-state index >= 15 is 0 Å². The van der Waals surface area contributed by atoms with Gasteiger partial charge in [0.05, 0.1) is 5.69 Å². The zero-order valence-electron chi connectivity index (χ0n) is 9.17. The van der Waals surface area contributed by atoms with E-state index in [1.165, 1.54) is 0 Å². The van der Waals surface area contributed by atoms with Crippen LogP contribution in [0.5, 0.6) is 0 Å². The van der Waals surface area contributed by atoms with Crippen LogP contribution in [0.25, 0.3) is 0 Å². The van der Waals surface area contributed by atoms with E-state index in [2.05, 4.69) is 24.1 Å². The van der Waals surface area contributed by atoms with E-state index < -0.39 is 0 Å². The highest BCUT2D eigenvalue weighted by atomic mass is 15.0. The molecule has 3 heteroatoms. The van der Waals surface area contributed by atoms with E-state index in [9.17, 15) is 0 Å². The van der Waals surface area contributed by atoms with Crippen molar-refractivity contribution in [3.05, 3.63) is 17.8 Å². The van der Waals surface area contributed by atoms with Gasteiger partial charge in [0.1, 0.15) is 5.82 Å². The molecule has 0 unspecified atom stereocenters. The van der Waals surface area contributed by atoms with E-state index in [1.807, 2.05) is 19.1 Å². The molecule has 0 aliphatic rings. The van der Waals surface area contributed by atoms with Crippen molar-refractivity contribution in [3.8, 4) is 0 Å². The summed E-state index contributed by atoms with van der Waals surface area (Å²) < 4.78 is 0. The van der Waals surface area contributed by atoms with E-state index in [0.29, 0.717) is 11.7 Å². The smallest absolute Gasteiger partial charge is 0.147 e. The van der Waals surface area contributed by atoms with Gasteiger partial charge in [-0.05, 0) is 31.4 Å². The Hall–Kier alpha value is -1.25. The molecule has 0 aliphatic carbocycles. The minimum absolute atomic E-state index is 0.591. The highest BCUT2D eigenvalue weighted by molar-refractivity contribution is 5.61. The van der Waals surface area contributed by atoms with E-state index in [1.54, 1.807) is 0 Å². The molecule has 0 atom stereocenters. The van der Waals surface area contributed by atoms with Crippen molar-refractivity contribution >= 4 is 11.5 Å². The third kappa shape index (κ3) is 3.24. The lowest BCUT2D eigenvalue weighted by molar-refractivity contribution is 0.607. The maximum Gasteiger partial charge on any atom is 0.147 e. The van der Waals surface area contributed by atoms with Crippen molar-refractivity contribution in [2.45, 2.75) is 27.2 Å². The Balaban J connectivity index is 2.51. The Bertz CT molecular complexity index is 295. The van der Waals surface area contributed by atoms with Crippen molar-refractivity contribution in [2.24, 2.45) is 5.92 Å². The number of nitrogens with zero attached hydrogens (tertiary/aromatic N) is 1. The number of nitrogens with one attached hydrogen (secondary N) is 1. The second kappa shape index (κ2) is 4.84. The molecule has 1 rings (SSSR count). The number of nitrogens with two attached hydrogens (primary N) is 1. The lowest BCUT2D eigenvalue weighted by Crippen LogP contribution is -2.07. The number of rotatable bonds is 4. The Labute approximate surface area is 85.7 Å². The molecular weight excluding hydrogens is 174 g/mol. The van der Waals surface area contributed by atoms with Gasteiger partial charge in [0.2, 0.25) is 0 Å². The molecule has 1 aromatic rings. The van der Waals surface area contributed by atoms with Gasteiger partial charge in [0.25, 0.3) is 0 Å². The summed E-state index contributed by atoms with van der Waals surface area (Å²) in [5.41, 5.74) is 7.66. The molecule has 14 heavy (non-hydrogen) atoms. The molecule has 3 N–H and O–H groups in total. The third-order valence-corrected chi connectivity index (χ3v) is 2.10. The fourth-order valence-corrected chi connectivity index (χ4v) is 1.22. The molecular formula is C11H19N3. The third-order valence-electron chi connectivity index (χ3n) is 2.10.